The van der Waals surface area contributed by atoms with Gasteiger partial charge in [0.2, 0.25) is 0 Å². The predicted molar refractivity (Wildman–Crippen MR) is 81.0 cm³/mol. The number of hydrogen-bond acceptors (Lipinski definition) is 3. The number of fused-ring (bicyclic) bond motifs is 1. The second kappa shape index (κ2) is 5.06. The Bertz CT molecular complexity index is 624. The molecule has 1 unspecified atom stereocenters. The Hall–Kier alpha value is -2.04. The quantitative estimate of drug-likeness (QED) is 0.871. The Morgan fingerprint density at radius 3 is 3.00 bits per heavy atom. The van der Waals surface area contributed by atoms with Gasteiger partial charge in [0.1, 0.15) is 5.60 Å². The van der Waals surface area contributed by atoms with Gasteiger partial charge in [0.15, 0.2) is 0 Å². The van der Waals surface area contributed by atoms with Crippen molar-refractivity contribution < 1.29 is 9.53 Å². The molecule has 0 aromatic carbocycles. The molecule has 0 saturated carbocycles. The number of aromatic nitrogens is 2. The maximum Gasteiger partial charge on any atom is 0.410 e. The zero-order valence-electron chi connectivity index (χ0n) is 12.7. The summed E-state index contributed by atoms with van der Waals surface area (Å²) in [5.41, 5.74) is 2.51. The molecule has 1 atom stereocenters. The summed E-state index contributed by atoms with van der Waals surface area (Å²) in [5.74, 6) is 0. The molecule has 2 aromatic heterocycles. The van der Waals surface area contributed by atoms with E-state index in [0.717, 1.165) is 36.1 Å². The molecule has 1 N–H and O–H groups in total. The Morgan fingerprint density at radius 1 is 1.48 bits per heavy atom. The SMILES string of the molecule is CC(C)(C)OC(=O)N1CCCC1c1cc2ncccc2[nH]1. The lowest BCUT2D eigenvalue weighted by atomic mass is 10.1. The first-order chi connectivity index (χ1) is 9.94. The van der Waals surface area contributed by atoms with Crippen LogP contribution >= 0.6 is 0 Å². The van der Waals surface area contributed by atoms with Gasteiger partial charge in [-0.05, 0) is 51.8 Å². The summed E-state index contributed by atoms with van der Waals surface area (Å²) >= 11 is 0. The van der Waals surface area contributed by atoms with E-state index in [0.29, 0.717) is 0 Å². The smallest absolute Gasteiger partial charge is 0.410 e. The van der Waals surface area contributed by atoms with Gasteiger partial charge in [-0.1, -0.05) is 0 Å². The number of pyridine rings is 1. The number of H-pyrrole nitrogens is 1. The highest BCUT2D eigenvalue weighted by Gasteiger charge is 2.34. The van der Waals surface area contributed by atoms with Gasteiger partial charge in [-0.2, -0.15) is 0 Å². The van der Waals surface area contributed by atoms with E-state index in [1.165, 1.54) is 0 Å². The van der Waals surface area contributed by atoms with Crippen LogP contribution in [0.1, 0.15) is 45.3 Å². The Morgan fingerprint density at radius 2 is 2.29 bits per heavy atom. The highest BCUT2D eigenvalue weighted by Crippen LogP contribution is 2.33. The molecule has 21 heavy (non-hydrogen) atoms. The maximum absolute atomic E-state index is 12.3. The molecule has 0 bridgehead atoms. The lowest BCUT2D eigenvalue weighted by Crippen LogP contribution is -2.36. The molecule has 5 heteroatoms. The number of amides is 1. The fraction of sp³-hybridized carbons (Fsp3) is 0.500. The molecule has 1 saturated heterocycles. The van der Waals surface area contributed by atoms with E-state index in [9.17, 15) is 4.79 Å². The standard InChI is InChI=1S/C16H21N3O2/c1-16(2,3)21-15(20)19-9-5-7-14(19)13-10-12-11(18-13)6-4-8-17-12/h4,6,8,10,14,18H,5,7,9H2,1-3H3. The van der Waals surface area contributed by atoms with Crippen LogP contribution < -0.4 is 0 Å². The summed E-state index contributed by atoms with van der Waals surface area (Å²) in [6.45, 7) is 6.41. The average Bonchev–Trinajstić information content (AvgIpc) is 3.02. The molecular formula is C16H21N3O2. The highest BCUT2D eigenvalue weighted by molar-refractivity contribution is 5.76. The van der Waals surface area contributed by atoms with Crippen LogP contribution in [0.25, 0.3) is 11.0 Å². The van der Waals surface area contributed by atoms with E-state index >= 15 is 0 Å². The van der Waals surface area contributed by atoms with Gasteiger partial charge in [-0.15, -0.1) is 0 Å². The number of likely N-dealkylation sites (tertiary alicyclic amines) is 1. The van der Waals surface area contributed by atoms with E-state index in [4.69, 9.17) is 4.74 Å². The van der Waals surface area contributed by atoms with Gasteiger partial charge >= 0.3 is 6.09 Å². The molecule has 0 spiro atoms. The van der Waals surface area contributed by atoms with Crippen LogP contribution in [-0.4, -0.2) is 33.1 Å². The summed E-state index contributed by atoms with van der Waals surface area (Å²) in [6.07, 6.45) is 3.48. The molecule has 0 aliphatic carbocycles. The van der Waals surface area contributed by atoms with Gasteiger partial charge in [0.05, 0.1) is 17.1 Å². The maximum atomic E-state index is 12.3. The first kappa shape index (κ1) is 13.9. The summed E-state index contributed by atoms with van der Waals surface area (Å²) in [7, 11) is 0. The molecule has 3 heterocycles. The van der Waals surface area contributed by atoms with Crippen molar-refractivity contribution >= 4 is 17.1 Å². The van der Waals surface area contributed by atoms with Gasteiger partial charge in [0, 0.05) is 18.4 Å². The number of nitrogens with one attached hydrogen (secondary N) is 1. The van der Waals surface area contributed by atoms with Crippen molar-refractivity contribution in [1.82, 2.24) is 14.9 Å². The number of rotatable bonds is 1. The van der Waals surface area contributed by atoms with Crippen LogP contribution in [-0.2, 0) is 4.74 Å². The van der Waals surface area contributed by atoms with Crippen LogP contribution in [0.5, 0.6) is 0 Å². The van der Waals surface area contributed by atoms with Crippen LogP contribution in [0.3, 0.4) is 0 Å². The third kappa shape index (κ3) is 2.86. The van der Waals surface area contributed by atoms with Crippen molar-refractivity contribution in [3.05, 3.63) is 30.1 Å². The van der Waals surface area contributed by atoms with Crippen molar-refractivity contribution in [2.45, 2.75) is 45.3 Å². The molecule has 1 aliphatic rings. The zero-order valence-corrected chi connectivity index (χ0v) is 12.7. The van der Waals surface area contributed by atoms with Crippen molar-refractivity contribution in [3.8, 4) is 0 Å². The fourth-order valence-corrected chi connectivity index (χ4v) is 2.79. The van der Waals surface area contributed by atoms with Gasteiger partial charge in [-0.25, -0.2) is 4.79 Å². The van der Waals surface area contributed by atoms with E-state index < -0.39 is 5.60 Å². The summed E-state index contributed by atoms with van der Waals surface area (Å²) in [4.78, 5) is 21.9. The molecule has 3 rings (SSSR count). The molecule has 0 radical (unpaired) electrons. The second-order valence-corrected chi connectivity index (χ2v) is 6.49. The van der Waals surface area contributed by atoms with Crippen molar-refractivity contribution in [2.75, 3.05) is 6.54 Å². The fourth-order valence-electron chi connectivity index (χ4n) is 2.79. The zero-order chi connectivity index (χ0) is 15.0. The summed E-state index contributed by atoms with van der Waals surface area (Å²) in [6, 6.07) is 5.98. The number of carbonyl (C=O) groups excluding carboxylic acids is 1. The topological polar surface area (TPSA) is 58.2 Å². The van der Waals surface area contributed by atoms with Crippen molar-refractivity contribution in [2.24, 2.45) is 0 Å². The number of nitrogens with zero attached hydrogens (tertiary/aromatic N) is 2. The van der Waals surface area contributed by atoms with E-state index in [2.05, 4.69) is 9.97 Å². The highest BCUT2D eigenvalue weighted by atomic mass is 16.6. The Kier molecular flexibility index (Phi) is 3.35. The summed E-state index contributed by atoms with van der Waals surface area (Å²) < 4.78 is 5.50. The average molecular weight is 287 g/mol. The Balaban J connectivity index is 1.85. The third-order valence-corrected chi connectivity index (χ3v) is 3.65. The number of hydrogen-bond donors (Lipinski definition) is 1. The number of aromatic amines is 1. The monoisotopic (exact) mass is 287 g/mol. The minimum Gasteiger partial charge on any atom is -0.444 e. The summed E-state index contributed by atoms with van der Waals surface area (Å²) in [5, 5.41) is 0. The largest absolute Gasteiger partial charge is 0.444 e. The molecule has 5 nitrogen and oxygen atoms in total. The van der Waals surface area contributed by atoms with Gasteiger partial charge in [0.25, 0.3) is 0 Å². The lowest BCUT2D eigenvalue weighted by Gasteiger charge is -2.28. The number of ether oxygens (including phenoxy) is 1. The first-order valence-electron chi connectivity index (χ1n) is 7.37. The van der Waals surface area contributed by atoms with Crippen molar-refractivity contribution in [1.29, 1.82) is 0 Å². The van der Waals surface area contributed by atoms with E-state index in [-0.39, 0.29) is 12.1 Å². The minimum absolute atomic E-state index is 0.0500. The van der Waals surface area contributed by atoms with Crippen molar-refractivity contribution in [3.63, 3.8) is 0 Å². The normalized spacial score (nSPS) is 19.2. The predicted octanol–water partition coefficient (Wildman–Crippen LogP) is 3.63. The van der Waals surface area contributed by atoms with Crippen LogP contribution in [0.2, 0.25) is 0 Å². The molecule has 112 valence electrons. The van der Waals surface area contributed by atoms with Crippen LogP contribution in [0, 0.1) is 0 Å². The minimum atomic E-state index is -0.466. The Labute approximate surface area is 124 Å². The third-order valence-electron chi connectivity index (χ3n) is 3.65. The van der Waals surface area contributed by atoms with Gasteiger partial charge in [-0.3, -0.25) is 9.88 Å². The first-order valence-corrected chi connectivity index (χ1v) is 7.37. The second-order valence-electron chi connectivity index (χ2n) is 6.49. The van der Waals surface area contributed by atoms with Gasteiger partial charge < -0.3 is 9.72 Å². The van der Waals surface area contributed by atoms with Crippen LogP contribution in [0.15, 0.2) is 24.4 Å². The lowest BCUT2D eigenvalue weighted by molar-refractivity contribution is 0.0222. The van der Waals surface area contributed by atoms with Crippen LogP contribution in [0.4, 0.5) is 4.79 Å². The molecule has 1 fully saturated rings. The molecule has 2 aromatic rings. The molecule has 1 aliphatic heterocycles. The van der Waals surface area contributed by atoms with E-state index in [1.807, 2.05) is 43.9 Å². The number of carbonyl (C=O) groups is 1. The van der Waals surface area contributed by atoms with E-state index in [1.54, 1.807) is 6.20 Å². The molecule has 1 amide bonds. The molecular weight excluding hydrogens is 266 g/mol.